The lowest BCUT2D eigenvalue weighted by molar-refractivity contribution is 0.317. The van der Waals surface area contributed by atoms with Crippen molar-refractivity contribution in [1.82, 2.24) is 9.97 Å². The molecule has 1 aromatic carbocycles. The second-order valence-electron chi connectivity index (χ2n) is 5.19. The molecule has 0 atom stereocenters. The van der Waals surface area contributed by atoms with Crippen LogP contribution in [0, 0.1) is 13.8 Å². The van der Waals surface area contributed by atoms with Crippen LogP contribution in [-0.2, 0) is 0 Å². The summed E-state index contributed by atoms with van der Waals surface area (Å²) in [5.41, 5.74) is 1.55. The van der Waals surface area contributed by atoms with Gasteiger partial charge in [-0.3, -0.25) is 0 Å². The van der Waals surface area contributed by atoms with Gasteiger partial charge in [0.2, 0.25) is 5.71 Å². The number of nitrogens with one attached hydrogen (secondary N) is 1. The van der Waals surface area contributed by atoms with E-state index < -0.39 is 0 Å². The van der Waals surface area contributed by atoms with Gasteiger partial charge in [-0.1, -0.05) is 6.92 Å². The fourth-order valence-electron chi connectivity index (χ4n) is 2.24. The summed E-state index contributed by atoms with van der Waals surface area (Å²) in [6.07, 6.45) is 0.998. The molecule has 0 fully saturated rings. The molecule has 0 aliphatic heterocycles. The highest BCUT2D eigenvalue weighted by molar-refractivity contribution is 5.88. The Hall–Kier alpha value is -2.56. The van der Waals surface area contributed by atoms with Gasteiger partial charge in [-0.2, -0.15) is 4.98 Å². The highest BCUT2D eigenvalue weighted by Crippen LogP contribution is 2.27. The number of furan rings is 1. The quantitative estimate of drug-likeness (QED) is 0.757. The van der Waals surface area contributed by atoms with Gasteiger partial charge in [0.25, 0.3) is 0 Å². The number of hydrogen-bond acceptors (Lipinski definition) is 5. The minimum atomic E-state index is 0.607. The number of benzene rings is 1. The number of anilines is 2. The fourth-order valence-corrected chi connectivity index (χ4v) is 2.24. The largest absolute Gasteiger partial charge is 0.494 e. The Bertz CT molecular complexity index is 778. The minimum absolute atomic E-state index is 0.607. The topological polar surface area (TPSA) is 60.2 Å². The number of aryl methyl sites for hydroxylation is 2. The number of rotatable bonds is 5. The average Bonchev–Trinajstić information content (AvgIpc) is 2.87. The van der Waals surface area contributed by atoms with Crippen molar-refractivity contribution in [3.63, 3.8) is 0 Å². The maximum Gasteiger partial charge on any atom is 0.231 e. The van der Waals surface area contributed by atoms with Crippen LogP contribution in [0.3, 0.4) is 0 Å². The summed E-state index contributed by atoms with van der Waals surface area (Å²) in [6.45, 7) is 6.57. The first-order chi connectivity index (χ1) is 10.7. The Balaban J connectivity index is 1.86. The van der Waals surface area contributed by atoms with Gasteiger partial charge in [-0.25, -0.2) is 4.98 Å². The standard InChI is InChI=1S/C17H19N3O2/c1-4-9-21-14-7-5-13(6-8-14)20-16-15-10-11(2)22-17(15)19-12(3)18-16/h5-8,10H,4,9H2,1-3H3,(H,18,19,20). The van der Waals surface area contributed by atoms with Gasteiger partial charge in [0.1, 0.15) is 23.2 Å². The maximum atomic E-state index is 5.58. The van der Waals surface area contributed by atoms with Crippen molar-refractivity contribution >= 4 is 22.6 Å². The van der Waals surface area contributed by atoms with Crippen molar-refractivity contribution < 1.29 is 9.15 Å². The summed E-state index contributed by atoms with van der Waals surface area (Å²) in [5.74, 6) is 3.12. The highest BCUT2D eigenvalue weighted by Gasteiger charge is 2.10. The Kier molecular flexibility index (Phi) is 3.96. The molecule has 0 saturated carbocycles. The lowest BCUT2D eigenvalue weighted by Gasteiger charge is -2.09. The zero-order valence-corrected chi connectivity index (χ0v) is 13.0. The Morgan fingerprint density at radius 3 is 2.64 bits per heavy atom. The van der Waals surface area contributed by atoms with Gasteiger partial charge in [0, 0.05) is 5.69 Å². The van der Waals surface area contributed by atoms with Crippen molar-refractivity contribution in [1.29, 1.82) is 0 Å². The number of aromatic nitrogens is 2. The molecule has 0 unspecified atom stereocenters. The van der Waals surface area contributed by atoms with E-state index >= 15 is 0 Å². The molecular weight excluding hydrogens is 278 g/mol. The van der Waals surface area contributed by atoms with Crippen LogP contribution in [0.4, 0.5) is 11.5 Å². The molecule has 0 radical (unpaired) electrons. The third kappa shape index (κ3) is 3.03. The molecule has 1 N–H and O–H groups in total. The van der Waals surface area contributed by atoms with Crippen LogP contribution < -0.4 is 10.1 Å². The highest BCUT2D eigenvalue weighted by atomic mass is 16.5. The SMILES string of the molecule is CCCOc1ccc(Nc2nc(C)nc3oc(C)cc23)cc1. The third-order valence-corrected chi connectivity index (χ3v) is 3.22. The van der Waals surface area contributed by atoms with E-state index in [1.807, 2.05) is 44.2 Å². The van der Waals surface area contributed by atoms with E-state index in [2.05, 4.69) is 22.2 Å². The molecule has 3 aromatic rings. The lowest BCUT2D eigenvalue weighted by atomic mass is 10.3. The van der Waals surface area contributed by atoms with Crippen LogP contribution in [0.1, 0.15) is 24.9 Å². The van der Waals surface area contributed by atoms with Crippen LogP contribution >= 0.6 is 0 Å². The number of nitrogens with zero attached hydrogens (tertiary/aromatic N) is 2. The van der Waals surface area contributed by atoms with E-state index in [-0.39, 0.29) is 0 Å². The molecule has 114 valence electrons. The van der Waals surface area contributed by atoms with E-state index in [0.717, 1.165) is 41.4 Å². The molecule has 2 heterocycles. The molecule has 3 rings (SSSR count). The van der Waals surface area contributed by atoms with Crippen molar-refractivity contribution in [2.24, 2.45) is 0 Å². The number of hydrogen-bond donors (Lipinski definition) is 1. The van der Waals surface area contributed by atoms with Gasteiger partial charge < -0.3 is 14.5 Å². The van der Waals surface area contributed by atoms with E-state index in [9.17, 15) is 0 Å². The Morgan fingerprint density at radius 2 is 1.91 bits per heavy atom. The zero-order chi connectivity index (χ0) is 15.5. The van der Waals surface area contributed by atoms with E-state index in [1.54, 1.807) is 0 Å². The summed E-state index contributed by atoms with van der Waals surface area (Å²) in [4.78, 5) is 8.78. The van der Waals surface area contributed by atoms with Crippen LogP contribution in [-0.4, -0.2) is 16.6 Å². The Labute approximate surface area is 129 Å². The molecule has 0 bridgehead atoms. The van der Waals surface area contributed by atoms with Gasteiger partial charge >= 0.3 is 0 Å². The molecule has 22 heavy (non-hydrogen) atoms. The summed E-state index contributed by atoms with van der Waals surface area (Å²) in [5, 5.41) is 4.20. The predicted molar refractivity (Wildman–Crippen MR) is 86.8 cm³/mol. The summed E-state index contributed by atoms with van der Waals surface area (Å²) in [6, 6.07) is 9.78. The van der Waals surface area contributed by atoms with Gasteiger partial charge in [-0.15, -0.1) is 0 Å². The first-order valence-corrected chi connectivity index (χ1v) is 7.40. The molecule has 0 saturated heterocycles. The zero-order valence-electron chi connectivity index (χ0n) is 13.0. The molecule has 5 heteroatoms. The van der Waals surface area contributed by atoms with Crippen molar-refractivity contribution in [3.8, 4) is 5.75 Å². The van der Waals surface area contributed by atoms with Gasteiger partial charge in [0.15, 0.2) is 0 Å². The molecular formula is C17H19N3O2. The lowest BCUT2D eigenvalue weighted by Crippen LogP contribution is -1.98. The monoisotopic (exact) mass is 297 g/mol. The molecule has 0 aliphatic rings. The van der Waals surface area contributed by atoms with E-state index in [1.165, 1.54) is 0 Å². The third-order valence-electron chi connectivity index (χ3n) is 3.22. The fraction of sp³-hybridized carbons (Fsp3) is 0.294. The van der Waals surface area contributed by atoms with Crippen LogP contribution in [0.5, 0.6) is 5.75 Å². The van der Waals surface area contributed by atoms with Crippen LogP contribution in [0.2, 0.25) is 0 Å². The molecule has 2 aromatic heterocycles. The van der Waals surface area contributed by atoms with Crippen molar-refractivity contribution in [2.75, 3.05) is 11.9 Å². The smallest absolute Gasteiger partial charge is 0.231 e. The summed E-state index contributed by atoms with van der Waals surface area (Å²) >= 11 is 0. The van der Waals surface area contributed by atoms with E-state index in [4.69, 9.17) is 9.15 Å². The predicted octanol–water partition coefficient (Wildman–Crippen LogP) is 4.37. The van der Waals surface area contributed by atoms with Crippen molar-refractivity contribution in [3.05, 3.63) is 41.9 Å². The average molecular weight is 297 g/mol. The molecule has 0 aliphatic carbocycles. The van der Waals surface area contributed by atoms with E-state index in [0.29, 0.717) is 11.5 Å². The summed E-state index contributed by atoms with van der Waals surface area (Å²) < 4.78 is 11.2. The van der Waals surface area contributed by atoms with Gasteiger partial charge in [0.05, 0.1) is 12.0 Å². The maximum absolute atomic E-state index is 5.58. The van der Waals surface area contributed by atoms with Crippen LogP contribution in [0.25, 0.3) is 11.1 Å². The van der Waals surface area contributed by atoms with Gasteiger partial charge in [-0.05, 0) is 50.6 Å². The minimum Gasteiger partial charge on any atom is -0.494 e. The molecule has 0 spiro atoms. The molecule has 5 nitrogen and oxygen atoms in total. The molecule has 0 amide bonds. The normalized spacial score (nSPS) is 10.9. The van der Waals surface area contributed by atoms with Crippen LogP contribution in [0.15, 0.2) is 34.7 Å². The first kappa shape index (κ1) is 14.4. The Morgan fingerprint density at radius 1 is 1.14 bits per heavy atom. The number of ether oxygens (including phenoxy) is 1. The first-order valence-electron chi connectivity index (χ1n) is 7.40. The summed E-state index contributed by atoms with van der Waals surface area (Å²) in [7, 11) is 0. The second-order valence-corrected chi connectivity index (χ2v) is 5.19. The second kappa shape index (κ2) is 6.05. The van der Waals surface area contributed by atoms with Crippen molar-refractivity contribution in [2.45, 2.75) is 27.2 Å². The number of fused-ring (bicyclic) bond motifs is 1.